The van der Waals surface area contributed by atoms with Gasteiger partial charge in [-0.3, -0.25) is 4.79 Å². The summed E-state index contributed by atoms with van der Waals surface area (Å²) in [5.74, 6) is 0.261. The maximum atomic E-state index is 12.4. The van der Waals surface area contributed by atoms with Gasteiger partial charge in [-0.25, -0.2) is 0 Å². The Labute approximate surface area is 138 Å². The van der Waals surface area contributed by atoms with Crippen LogP contribution in [0.2, 0.25) is 0 Å². The van der Waals surface area contributed by atoms with Gasteiger partial charge < -0.3 is 14.4 Å². The molecular weight excluding hydrogens is 290 g/mol. The molecule has 2 fully saturated rings. The molecule has 23 heavy (non-hydrogen) atoms. The zero-order valence-electron chi connectivity index (χ0n) is 13.5. The minimum atomic E-state index is -0.348. The van der Waals surface area contributed by atoms with Crippen LogP contribution in [0, 0.1) is 5.92 Å². The molecule has 0 N–H and O–H groups in total. The van der Waals surface area contributed by atoms with Crippen molar-refractivity contribution < 1.29 is 14.3 Å². The average Bonchev–Trinajstić information content (AvgIpc) is 3.15. The highest BCUT2D eigenvalue weighted by Crippen LogP contribution is 2.31. The third-order valence-corrected chi connectivity index (χ3v) is 4.69. The van der Waals surface area contributed by atoms with Crippen molar-refractivity contribution in [2.75, 3.05) is 19.7 Å². The zero-order chi connectivity index (χ0) is 16.1. The molecule has 1 aromatic rings. The van der Waals surface area contributed by atoms with E-state index in [0.29, 0.717) is 13.0 Å². The number of nitrogens with zero attached hydrogens (tertiary/aromatic N) is 1. The molecule has 3 rings (SSSR count). The first-order chi connectivity index (χ1) is 11.3. The Bertz CT molecular complexity index is 525. The molecular formula is C19H25NO3. The van der Waals surface area contributed by atoms with E-state index < -0.39 is 0 Å². The van der Waals surface area contributed by atoms with Gasteiger partial charge in [0.25, 0.3) is 0 Å². The molecule has 2 saturated heterocycles. The third-order valence-electron chi connectivity index (χ3n) is 4.69. The first-order valence-corrected chi connectivity index (χ1v) is 8.50. The van der Waals surface area contributed by atoms with Crippen molar-refractivity contribution in [1.29, 1.82) is 0 Å². The molecule has 0 bridgehead atoms. The largest absolute Gasteiger partial charge is 0.348 e. The zero-order valence-corrected chi connectivity index (χ0v) is 13.5. The van der Waals surface area contributed by atoms with Crippen molar-refractivity contribution >= 4 is 5.91 Å². The van der Waals surface area contributed by atoms with Gasteiger partial charge in [-0.15, -0.1) is 6.58 Å². The summed E-state index contributed by atoms with van der Waals surface area (Å²) in [6.45, 7) is 6.35. The molecule has 0 saturated carbocycles. The topological polar surface area (TPSA) is 38.8 Å². The number of hydrogen-bond acceptors (Lipinski definition) is 3. The number of rotatable bonds is 5. The number of benzene rings is 1. The lowest BCUT2D eigenvalue weighted by Crippen LogP contribution is -2.36. The number of likely N-dealkylation sites (tertiary alicyclic amines) is 1. The highest BCUT2D eigenvalue weighted by atomic mass is 16.7. The van der Waals surface area contributed by atoms with E-state index in [9.17, 15) is 4.79 Å². The number of carbonyl (C=O) groups is 1. The molecule has 4 heteroatoms. The molecule has 1 aromatic carbocycles. The van der Waals surface area contributed by atoms with E-state index in [1.54, 1.807) is 0 Å². The molecule has 0 unspecified atom stereocenters. The van der Waals surface area contributed by atoms with E-state index in [1.807, 2.05) is 41.3 Å². The fraction of sp³-hybridized carbons (Fsp3) is 0.526. The molecule has 124 valence electrons. The summed E-state index contributed by atoms with van der Waals surface area (Å²) in [5, 5.41) is 0. The minimum Gasteiger partial charge on any atom is -0.348 e. The first-order valence-electron chi connectivity index (χ1n) is 8.50. The van der Waals surface area contributed by atoms with Gasteiger partial charge in [0, 0.05) is 31.0 Å². The van der Waals surface area contributed by atoms with Gasteiger partial charge in [0.15, 0.2) is 6.29 Å². The van der Waals surface area contributed by atoms with E-state index in [1.165, 1.54) is 0 Å². The van der Waals surface area contributed by atoms with Crippen LogP contribution in [-0.2, 0) is 14.3 Å². The summed E-state index contributed by atoms with van der Waals surface area (Å²) in [7, 11) is 0. The summed E-state index contributed by atoms with van der Waals surface area (Å²) in [4.78, 5) is 14.4. The quantitative estimate of drug-likeness (QED) is 0.783. The van der Waals surface area contributed by atoms with Crippen LogP contribution < -0.4 is 0 Å². The van der Waals surface area contributed by atoms with Crippen molar-refractivity contribution in [2.24, 2.45) is 5.92 Å². The smallest absolute Gasteiger partial charge is 0.223 e. The number of ether oxygens (including phenoxy) is 2. The highest BCUT2D eigenvalue weighted by molar-refractivity contribution is 5.77. The van der Waals surface area contributed by atoms with Crippen molar-refractivity contribution in [3.05, 3.63) is 48.6 Å². The van der Waals surface area contributed by atoms with Crippen LogP contribution in [0.25, 0.3) is 0 Å². The molecule has 2 heterocycles. The van der Waals surface area contributed by atoms with Crippen molar-refractivity contribution in [1.82, 2.24) is 4.90 Å². The Balaban J connectivity index is 1.61. The number of hydrogen-bond donors (Lipinski definition) is 0. The van der Waals surface area contributed by atoms with E-state index >= 15 is 0 Å². The predicted octanol–water partition coefficient (Wildman–Crippen LogP) is 3.31. The second-order valence-electron chi connectivity index (χ2n) is 6.27. The molecule has 0 aliphatic carbocycles. The van der Waals surface area contributed by atoms with Gasteiger partial charge >= 0.3 is 0 Å². The first kappa shape index (κ1) is 16.2. The lowest BCUT2D eigenvalue weighted by Gasteiger charge is -2.34. The monoisotopic (exact) mass is 315 g/mol. The van der Waals surface area contributed by atoms with E-state index in [-0.39, 0.29) is 24.2 Å². The van der Waals surface area contributed by atoms with Gasteiger partial charge in [0.05, 0.1) is 12.7 Å². The van der Waals surface area contributed by atoms with Crippen LogP contribution >= 0.6 is 0 Å². The van der Waals surface area contributed by atoms with Gasteiger partial charge in [-0.2, -0.15) is 0 Å². The van der Waals surface area contributed by atoms with E-state index in [4.69, 9.17) is 9.47 Å². The van der Waals surface area contributed by atoms with Crippen LogP contribution in [0.15, 0.2) is 43.0 Å². The van der Waals surface area contributed by atoms with Crippen LogP contribution in [0.4, 0.5) is 0 Å². The second-order valence-corrected chi connectivity index (χ2v) is 6.27. The van der Waals surface area contributed by atoms with Gasteiger partial charge in [-0.1, -0.05) is 36.4 Å². The fourth-order valence-corrected chi connectivity index (χ4v) is 3.32. The summed E-state index contributed by atoms with van der Waals surface area (Å²) < 4.78 is 11.9. The Kier molecular flexibility index (Phi) is 5.47. The Morgan fingerprint density at radius 3 is 2.74 bits per heavy atom. The summed E-state index contributed by atoms with van der Waals surface area (Å²) in [6.07, 6.45) is 5.02. The predicted molar refractivity (Wildman–Crippen MR) is 88.7 cm³/mol. The minimum absolute atomic E-state index is 0.0157. The summed E-state index contributed by atoms with van der Waals surface area (Å²) in [5.41, 5.74) is 1.02. The Hall–Kier alpha value is -1.65. The van der Waals surface area contributed by atoms with Crippen LogP contribution in [-0.4, -0.2) is 36.6 Å². The van der Waals surface area contributed by atoms with Crippen LogP contribution in [0.5, 0.6) is 0 Å². The molecule has 0 radical (unpaired) electrons. The van der Waals surface area contributed by atoms with Crippen molar-refractivity contribution in [2.45, 2.75) is 38.1 Å². The average molecular weight is 315 g/mol. The van der Waals surface area contributed by atoms with Crippen LogP contribution in [0.3, 0.4) is 0 Å². The second kappa shape index (κ2) is 7.75. The highest BCUT2D eigenvalue weighted by Gasteiger charge is 2.31. The fourth-order valence-electron chi connectivity index (χ4n) is 3.32. The lowest BCUT2D eigenvalue weighted by atomic mass is 9.94. The lowest BCUT2D eigenvalue weighted by molar-refractivity contribution is -0.226. The maximum absolute atomic E-state index is 12.4. The van der Waals surface area contributed by atoms with Crippen LogP contribution in [0.1, 0.15) is 37.5 Å². The van der Waals surface area contributed by atoms with Crippen molar-refractivity contribution in [3.8, 4) is 0 Å². The molecule has 0 aromatic heterocycles. The summed E-state index contributed by atoms with van der Waals surface area (Å²) >= 11 is 0. The Morgan fingerprint density at radius 2 is 2.04 bits per heavy atom. The number of amides is 1. The van der Waals surface area contributed by atoms with Crippen molar-refractivity contribution in [3.63, 3.8) is 0 Å². The molecule has 0 spiro atoms. The SMILES string of the molecule is C=C[C@H](CC(=O)N1CCCC1)[C@@H]1CCO[C@H](c2ccccc2)O1. The van der Waals surface area contributed by atoms with E-state index in [2.05, 4.69) is 6.58 Å². The van der Waals surface area contributed by atoms with Gasteiger partial charge in [0.2, 0.25) is 5.91 Å². The standard InChI is InChI=1S/C19H25NO3/c1-2-15(14-18(21)20-11-6-7-12-20)17-10-13-22-19(23-17)16-8-4-3-5-9-16/h2-5,8-9,15,17,19H,1,6-7,10-14H2/t15-,17+,19+/m1/s1. The maximum Gasteiger partial charge on any atom is 0.223 e. The molecule has 1 amide bonds. The molecule has 3 atom stereocenters. The molecule has 2 aliphatic rings. The normalized spacial score (nSPS) is 26.0. The number of carbonyl (C=O) groups excluding carboxylic acids is 1. The Morgan fingerprint density at radius 1 is 1.30 bits per heavy atom. The third kappa shape index (κ3) is 4.01. The molecule has 4 nitrogen and oxygen atoms in total. The van der Waals surface area contributed by atoms with E-state index in [0.717, 1.165) is 37.9 Å². The molecule has 2 aliphatic heterocycles. The van der Waals surface area contributed by atoms with Gasteiger partial charge in [0.1, 0.15) is 0 Å². The summed E-state index contributed by atoms with van der Waals surface area (Å²) in [6, 6.07) is 9.95. The van der Waals surface area contributed by atoms with Gasteiger partial charge in [-0.05, 0) is 19.3 Å².